The highest BCUT2D eigenvalue weighted by molar-refractivity contribution is 5.83. The van der Waals surface area contributed by atoms with Gasteiger partial charge in [0.2, 0.25) is 5.91 Å². The molecule has 0 rings (SSSR count). The Morgan fingerprint density at radius 3 is 2.20 bits per heavy atom. The molecule has 0 aliphatic rings. The third-order valence-electron chi connectivity index (χ3n) is 3.14. The molecule has 0 saturated carbocycles. The Hall–Kier alpha value is -0.900. The fourth-order valence-electron chi connectivity index (χ4n) is 2.18. The van der Waals surface area contributed by atoms with E-state index in [1.54, 1.807) is 0 Å². The third kappa shape index (κ3) is 9.96. The third-order valence-corrected chi connectivity index (χ3v) is 3.14. The Bertz CT molecular complexity index is 278. The Balaban J connectivity index is 3.90. The fraction of sp³-hybridized carbons (Fsp3) is 0.875. The second kappa shape index (κ2) is 11.9. The standard InChI is InChI=1S/C16H32N2O2/c1-5-9-15(19)14(18-13(3)4)11-7-8-12-17-16(20)10-6-2/h13-14,18H,5-12H2,1-4H3,(H,17,20). The van der Waals surface area contributed by atoms with Gasteiger partial charge >= 0.3 is 0 Å². The van der Waals surface area contributed by atoms with Crippen LogP contribution >= 0.6 is 0 Å². The smallest absolute Gasteiger partial charge is 0.219 e. The van der Waals surface area contributed by atoms with Crippen molar-refractivity contribution >= 4 is 11.7 Å². The molecule has 0 aromatic rings. The zero-order chi connectivity index (χ0) is 15.4. The topological polar surface area (TPSA) is 58.2 Å². The Morgan fingerprint density at radius 1 is 1.00 bits per heavy atom. The molecule has 118 valence electrons. The number of carbonyl (C=O) groups is 2. The van der Waals surface area contributed by atoms with Gasteiger partial charge in [0.15, 0.2) is 0 Å². The minimum absolute atomic E-state index is 0.0266. The van der Waals surface area contributed by atoms with Crippen LogP contribution in [0, 0.1) is 0 Å². The van der Waals surface area contributed by atoms with Crippen LogP contribution in [0.3, 0.4) is 0 Å². The minimum atomic E-state index is -0.0266. The van der Waals surface area contributed by atoms with Crippen LogP contribution in [-0.4, -0.2) is 30.3 Å². The van der Waals surface area contributed by atoms with Crippen LogP contribution in [0.25, 0.3) is 0 Å². The molecule has 0 bridgehead atoms. The van der Waals surface area contributed by atoms with E-state index in [4.69, 9.17) is 0 Å². The lowest BCUT2D eigenvalue weighted by Gasteiger charge is -2.20. The van der Waals surface area contributed by atoms with Gasteiger partial charge in [-0.05, 0) is 32.1 Å². The van der Waals surface area contributed by atoms with Crippen molar-refractivity contribution in [2.45, 2.75) is 84.7 Å². The maximum atomic E-state index is 12.0. The molecule has 0 saturated heterocycles. The van der Waals surface area contributed by atoms with Crippen LogP contribution in [0.15, 0.2) is 0 Å². The SMILES string of the molecule is CCCC(=O)NCCCCC(NC(C)C)C(=O)CCC. The van der Waals surface area contributed by atoms with Crippen molar-refractivity contribution in [1.29, 1.82) is 0 Å². The molecule has 0 aliphatic carbocycles. The lowest BCUT2D eigenvalue weighted by Crippen LogP contribution is -2.40. The zero-order valence-electron chi connectivity index (χ0n) is 13.6. The van der Waals surface area contributed by atoms with Gasteiger partial charge in [-0.1, -0.05) is 27.7 Å². The Labute approximate surface area is 124 Å². The van der Waals surface area contributed by atoms with E-state index in [0.29, 0.717) is 24.7 Å². The molecular formula is C16H32N2O2. The summed E-state index contributed by atoms with van der Waals surface area (Å²) < 4.78 is 0. The summed E-state index contributed by atoms with van der Waals surface area (Å²) in [6.07, 6.45) is 5.81. The van der Waals surface area contributed by atoms with Crippen molar-refractivity contribution in [2.24, 2.45) is 0 Å². The minimum Gasteiger partial charge on any atom is -0.356 e. The first-order chi connectivity index (χ1) is 9.51. The highest BCUT2D eigenvalue weighted by Crippen LogP contribution is 2.06. The largest absolute Gasteiger partial charge is 0.356 e. The van der Waals surface area contributed by atoms with E-state index in [9.17, 15) is 9.59 Å². The lowest BCUT2D eigenvalue weighted by molar-refractivity contribution is -0.122. The number of rotatable bonds is 12. The van der Waals surface area contributed by atoms with Crippen molar-refractivity contribution < 1.29 is 9.59 Å². The lowest BCUT2D eigenvalue weighted by atomic mass is 10.0. The fourth-order valence-corrected chi connectivity index (χ4v) is 2.18. The molecule has 0 radical (unpaired) electrons. The molecule has 4 heteroatoms. The summed E-state index contributed by atoms with van der Waals surface area (Å²) in [6, 6.07) is 0.298. The molecule has 1 unspecified atom stereocenters. The molecule has 1 amide bonds. The predicted octanol–water partition coefficient (Wildman–Crippen LogP) is 2.81. The zero-order valence-corrected chi connectivity index (χ0v) is 13.6. The summed E-state index contributed by atoms with van der Waals surface area (Å²) in [6.45, 7) is 8.89. The van der Waals surface area contributed by atoms with E-state index in [1.165, 1.54) is 0 Å². The van der Waals surface area contributed by atoms with E-state index >= 15 is 0 Å². The summed E-state index contributed by atoms with van der Waals surface area (Å²) in [5, 5.41) is 6.26. The average molecular weight is 284 g/mol. The van der Waals surface area contributed by atoms with Crippen molar-refractivity contribution in [3.63, 3.8) is 0 Å². The molecular weight excluding hydrogens is 252 g/mol. The highest BCUT2D eigenvalue weighted by Gasteiger charge is 2.17. The van der Waals surface area contributed by atoms with Crippen molar-refractivity contribution in [1.82, 2.24) is 10.6 Å². The van der Waals surface area contributed by atoms with Crippen molar-refractivity contribution in [3.8, 4) is 0 Å². The van der Waals surface area contributed by atoms with Gasteiger partial charge in [0.25, 0.3) is 0 Å². The Kier molecular flexibility index (Phi) is 11.4. The van der Waals surface area contributed by atoms with Crippen LogP contribution < -0.4 is 10.6 Å². The number of hydrogen-bond acceptors (Lipinski definition) is 3. The molecule has 0 heterocycles. The van der Waals surface area contributed by atoms with Gasteiger partial charge in [-0.3, -0.25) is 9.59 Å². The predicted molar refractivity (Wildman–Crippen MR) is 83.7 cm³/mol. The van der Waals surface area contributed by atoms with E-state index in [-0.39, 0.29) is 11.9 Å². The van der Waals surface area contributed by atoms with Crippen LogP contribution in [0.4, 0.5) is 0 Å². The quantitative estimate of drug-likeness (QED) is 0.542. The molecule has 1 atom stereocenters. The number of Topliss-reactive ketones (excluding diaryl/α,β-unsaturated/α-hetero) is 1. The van der Waals surface area contributed by atoms with Crippen LogP contribution in [0.5, 0.6) is 0 Å². The van der Waals surface area contributed by atoms with Gasteiger partial charge in [-0.25, -0.2) is 0 Å². The molecule has 4 nitrogen and oxygen atoms in total. The summed E-state index contributed by atoms with van der Waals surface area (Å²) in [7, 11) is 0. The van der Waals surface area contributed by atoms with Gasteiger partial charge in [-0.15, -0.1) is 0 Å². The van der Waals surface area contributed by atoms with Gasteiger partial charge in [0, 0.05) is 25.4 Å². The first-order valence-corrected chi connectivity index (χ1v) is 8.06. The molecule has 0 fully saturated rings. The average Bonchev–Trinajstić information content (AvgIpc) is 2.37. The van der Waals surface area contributed by atoms with Gasteiger partial charge in [0.05, 0.1) is 6.04 Å². The summed E-state index contributed by atoms with van der Waals surface area (Å²) in [5.41, 5.74) is 0. The number of carbonyl (C=O) groups excluding carboxylic acids is 2. The molecule has 2 N–H and O–H groups in total. The first-order valence-electron chi connectivity index (χ1n) is 8.06. The number of ketones is 1. The van der Waals surface area contributed by atoms with Crippen LogP contribution in [-0.2, 0) is 9.59 Å². The molecule has 20 heavy (non-hydrogen) atoms. The molecule has 0 spiro atoms. The van der Waals surface area contributed by atoms with Gasteiger partial charge in [0.1, 0.15) is 5.78 Å². The van der Waals surface area contributed by atoms with Gasteiger partial charge < -0.3 is 10.6 Å². The van der Waals surface area contributed by atoms with Gasteiger partial charge in [-0.2, -0.15) is 0 Å². The number of unbranched alkanes of at least 4 members (excludes halogenated alkanes) is 1. The molecule has 0 aliphatic heterocycles. The summed E-state index contributed by atoms with van der Waals surface area (Å²) in [4.78, 5) is 23.3. The second-order valence-corrected chi connectivity index (χ2v) is 5.69. The van der Waals surface area contributed by atoms with E-state index in [1.807, 2.05) is 13.8 Å². The summed E-state index contributed by atoms with van der Waals surface area (Å²) in [5.74, 6) is 0.447. The maximum Gasteiger partial charge on any atom is 0.219 e. The van der Waals surface area contributed by atoms with Crippen LogP contribution in [0.2, 0.25) is 0 Å². The number of nitrogens with one attached hydrogen (secondary N) is 2. The highest BCUT2D eigenvalue weighted by atomic mass is 16.1. The van der Waals surface area contributed by atoms with E-state index in [0.717, 1.165) is 38.6 Å². The van der Waals surface area contributed by atoms with E-state index < -0.39 is 0 Å². The normalized spacial score (nSPS) is 12.4. The molecule has 0 aromatic carbocycles. The summed E-state index contributed by atoms with van der Waals surface area (Å²) >= 11 is 0. The molecule has 0 aromatic heterocycles. The maximum absolute atomic E-state index is 12.0. The first kappa shape index (κ1) is 19.1. The number of amides is 1. The van der Waals surface area contributed by atoms with E-state index in [2.05, 4.69) is 24.5 Å². The Morgan fingerprint density at radius 2 is 1.65 bits per heavy atom. The van der Waals surface area contributed by atoms with Crippen LogP contribution in [0.1, 0.15) is 72.6 Å². The number of hydrogen-bond donors (Lipinski definition) is 2. The monoisotopic (exact) mass is 284 g/mol. The second-order valence-electron chi connectivity index (χ2n) is 5.69. The van der Waals surface area contributed by atoms with Crippen molar-refractivity contribution in [3.05, 3.63) is 0 Å². The van der Waals surface area contributed by atoms with Crippen molar-refractivity contribution in [2.75, 3.05) is 6.54 Å².